The van der Waals surface area contributed by atoms with Gasteiger partial charge < -0.3 is 0 Å². The van der Waals surface area contributed by atoms with Gasteiger partial charge in [-0.3, -0.25) is 9.58 Å². The Kier molecular flexibility index (Phi) is 5.51. The Hall–Kier alpha value is -1.77. The van der Waals surface area contributed by atoms with Crippen LogP contribution in [0, 0.1) is 5.82 Å². The summed E-state index contributed by atoms with van der Waals surface area (Å²) in [5, 5.41) is 4.48. The lowest BCUT2D eigenvalue weighted by molar-refractivity contribution is 0.210. The summed E-state index contributed by atoms with van der Waals surface area (Å²) < 4.78 is 41.9. The monoisotopic (exact) mass is 366 g/mol. The number of sulfonamides is 1. The van der Waals surface area contributed by atoms with E-state index in [0.29, 0.717) is 5.69 Å². The van der Waals surface area contributed by atoms with Gasteiger partial charge >= 0.3 is 0 Å². The van der Waals surface area contributed by atoms with Crippen LogP contribution < -0.4 is 4.72 Å². The van der Waals surface area contributed by atoms with Crippen molar-refractivity contribution in [2.24, 2.45) is 0 Å². The number of nitrogens with one attached hydrogen (secondary N) is 1. The first-order valence-corrected chi connectivity index (χ1v) is 9.99. The molecule has 6 nitrogen and oxygen atoms in total. The second kappa shape index (κ2) is 7.63. The first-order valence-electron chi connectivity index (χ1n) is 8.51. The number of rotatable bonds is 7. The molecule has 1 aliphatic rings. The first kappa shape index (κ1) is 18.0. The quantitative estimate of drug-likeness (QED) is 0.815. The lowest BCUT2D eigenvalue weighted by Gasteiger charge is -2.27. The minimum atomic E-state index is -3.68. The van der Waals surface area contributed by atoms with Gasteiger partial charge in [0.2, 0.25) is 10.0 Å². The highest BCUT2D eigenvalue weighted by Gasteiger charge is 2.19. The van der Waals surface area contributed by atoms with Gasteiger partial charge in [0.05, 0.1) is 29.4 Å². The number of fused-ring (bicyclic) bond motifs is 1. The summed E-state index contributed by atoms with van der Waals surface area (Å²) in [4.78, 5) is 2.44. The van der Waals surface area contributed by atoms with E-state index in [-0.39, 0.29) is 11.4 Å². The second-order valence-electron chi connectivity index (χ2n) is 6.26. The average molecular weight is 366 g/mol. The fourth-order valence-electron chi connectivity index (χ4n) is 2.91. The van der Waals surface area contributed by atoms with E-state index in [0.717, 1.165) is 44.0 Å². The van der Waals surface area contributed by atoms with Gasteiger partial charge in [-0.05, 0) is 43.3 Å². The number of unbranched alkanes of at least 4 members (excludes halogenated alkanes) is 1. The lowest BCUT2D eigenvalue weighted by atomic mass is 10.2. The van der Waals surface area contributed by atoms with E-state index in [1.807, 2.05) is 10.7 Å². The van der Waals surface area contributed by atoms with Gasteiger partial charge in [-0.1, -0.05) is 13.3 Å². The summed E-state index contributed by atoms with van der Waals surface area (Å²) in [5.41, 5.74) is 1.80. The van der Waals surface area contributed by atoms with Crippen LogP contribution in [0.15, 0.2) is 35.2 Å². The zero-order valence-electron chi connectivity index (χ0n) is 14.3. The van der Waals surface area contributed by atoms with E-state index < -0.39 is 15.8 Å². The van der Waals surface area contributed by atoms with E-state index in [1.165, 1.54) is 25.0 Å². The van der Waals surface area contributed by atoms with Gasteiger partial charge in [0.25, 0.3) is 0 Å². The van der Waals surface area contributed by atoms with E-state index in [2.05, 4.69) is 21.6 Å². The van der Waals surface area contributed by atoms with Gasteiger partial charge in [-0.25, -0.2) is 17.5 Å². The van der Waals surface area contributed by atoms with Crippen molar-refractivity contribution in [2.45, 2.75) is 44.3 Å². The van der Waals surface area contributed by atoms with Crippen LogP contribution in [0.2, 0.25) is 0 Å². The predicted octanol–water partition coefficient (Wildman–Crippen LogP) is 2.12. The van der Waals surface area contributed by atoms with E-state index in [9.17, 15) is 12.8 Å². The van der Waals surface area contributed by atoms with Gasteiger partial charge in [0.1, 0.15) is 5.82 Å². The Morgan fingerprint density at radius 1 is 1.24 bits per heavy atom. The maximum Gasteiger partial charge on any atom is 0.240 e. The Morgan fingerprint density at radius 3 is 2.72 bits per heavy atom. The molecule has 0 radical (unpaired) electrons. The SMILES string of the molecule is CCCCN1CCn2nc(CNS(=O)(=O)c3ccc(F)cc3)cc2C1. The topological polar surface area (TPSA) is 67.2 Å². The minimum absolute atomic E-state index is 0.0450. The van der Waals surface area contributed by atoms with E-state index in [1.54, 1.807) is 0 Å². The molecule has 3 rings (SSSR count). The average Bonchev–Trinajstić information content (AvgIpc) is 3.01. The van der Waals surface area contributed by atoms with Gasteiger partial charge in [0, 0.05) is 13.1 Å². The van der Waals surface area contributed by atoms with E-state index >= 15 is 0 Å². The molecule has 1 N–H and O–H groups in total. The second-order valence-corrected chi connectivity index (χ2v) is 8.03. The Balaban J connectivity index is 1.63. The van der Waals surface area contributed by atoms with Gasteiger partial charge in [-0.15, -0.1) is 0 Å². The fourth-order valence-corrected chi connectivity index (χ4v) is 3.90. The van der Waals surface area contributed by atoms with Crippen molar-refractivity contribution in [1.29, 1.82) is 0 Å². The Morgan fingerprint density at radius 2 is 2.00 bits per heavy atom. The molecule has 0 saturated heterocycles. The number of hydrogen-bond acceptors (Lipinski definition) is 4. The summed E-state index contributed by atoms with van der Waals surface area (Å²) in [6, 6.07) is 6.72. The van der Waals surface area contributed by atoms with Crippen molar-refractivity contribution in [3.05, 3.63) is 47.5 Å². The zero-order chi connectivity index (χ0) is 17.9. The zero-order valence-corrected chi connectivity index (χ0v) is 15.1. The molecule has 136 valence electrons. The molecule has 0 spiro atoms. The van der Waals surface area contributed by atoms with Gasteiger partial charge in [0.15, 0.2) is 0 Å². The first-order chi connectivity index (χ1) is 12.0. The molecule has 2 aromatic rings. The van der Waals surface area contributed by atoms with Crippen LogP contribution in [-0.2, 0) is 29.7 Å². The molecular formula is C17H23FN4O2S. The molecule has 0 bridgehead atoms. The van der Waals surface area contributed by atoms with Crippen molar-refractivity contribution < 1.29 is 12.8 Å². The summed E-state index contributed by atoms with van der Waals surface area (Å²) in [6.45, 7) is 6.01. The van der Waals surface area contributed by atoms with E-state index in [4.69, 9.17) is 0 Å². The molecule has 8 heteroatoms. The van der Waals surface area contributed by atoms with Crippen molar-refractivity contribution in [3.8, 4) is 0 Å². The standard InChI is InChI=1S/C17H23FN4O2S/c1-2-3-8-21-9-10-22-16(13-21)11-15(20-22)12-19-25(23,24)17-6-4-14(18)5-7-17/h4-7,11,19H,2-3,8-10,12-13H2,1H3. The molecule has 1 aromatic carbocycles. The van der Waals surface area contributed by atoms with Crippen molar-refractivity contribution >= 4 is 10.0 Å². The normalized spacial score (nSPS) is 15.3. The summed E-state index contributed by atoms with van der Waals surface area (Å²) in [7, 11) is -3.68. The molecule has 0 atom stereocenters. The van der Waals surface area contributed by atoms with Crippen LogP contribution in [0.4, 0.5) is 4.39 Å². The molecular weight excluding hydrogens is 343 g/mol. The molecule has 1 aliphatic heterocycles. The van der Waals surface area contributed by atoms with Crippen molar-refractivity contribution in [1.82, 2.24) is 19.4 Å². The highest BCUT2D eigenvalue weighted by Crippen LogP contribution is 2.15. The Labute approximate surface area is 147 Å². The number of aromatic nitrogens is 2. The fraction of sp³-hybridized carbons (Fsp3) is 0.471. The highest BCUT2D eigenvalue weighted by molar-refractivity contribution is 7.89. The molecule has 0 aliphatic carbocycles. The minimum Gasteiger partial charge on any atom is -0.296 e. The Bertz CT molecular complexity index is 818. The number of halogens is 1. The third-order valence-electron chi connectivity index (χ3n) is 4.32. The van der Waals surface area contributed by atoms with Crippen LogP contribution in [0.5, 0.6) is 0 Å². The maximum atomic E-state index is 12.9. The molecule has 0 amide bonds. The molecule has 0 fully saturated rings. The van der Waals surface area contributed by atoms with Crippen LogP contribution in [0.25, 0.3) is 0 Å². The molecule has 0 unspecified atom stereocenters. The highest BCUT2D eigenvalue weighted by atomic mass is 32.2. The molecule has 0 saturated carbocycles. The smallest absolute Gasteiger partial charge is 0.240 e. The van der Waals surface area contributed by atoms with Crippen LogP contribution in [0.3, 0.4) is 0 Å². The predicted molar refractivity (Wildman–Crippen MR) is 92.8 cm³/mol. The van der Waals surface area contributed by atoms with Crippen molar-refractivity contribution in [3.63, 3.8) is 0 Å². The number of nitrogens with zero attached hydrogens (tertiary/aromatic N) is 3. The third-order valence-corrected chi connectivity index (χ3v) is 5.74. The molecule has 25 heavy (non-hydrogen) atoms. The summed E-state index contributed by atoms with van der Waals surface area (Å²) in [5.74, 6) is -0.464. The third kappa shape index (κ3) is 4.45. The summed E-state index contributed by atoms with van der Waals surface area (Å²) in [6.07, 6.45) is 2.35. The van der Waals surface area contributed by atoms with Crippen molar-refractivity contribution in [2.75, 3.05) is 13.1 Å². The van der Waals surface area contributed by atoms with Crippen LogP contribution in [0.1, 0.15) is 31.2 Å². The number of hydrogen-bond donors (Lipinski definition) is 1. The molecule has 2 heterocycles. The number of benzene rings is 1. The van der Waals surface area contributed by atoms with Crippen LogP contribution >= 0.6 is 0 Å². The molecule has 1 aromatic heterocycles. The lowest BCUT2D eigenvalue weighted by Crippen LogP contribution is -2.34. The maximum absolute atomic E-state index is 12.9. The van der Waals surface area contributed by atoms with Gasteiger partial charge in [-0.2, -0.15) is 5.10 Å². The van der Waals surface area contributed by atoms with Crippen LogP contribution in [-0.4, -0.2) is 36.2 Å². The summed E-state index contributed by atoms with van der Waals surface area (Å²) >= 11 is 0. The largest absolute Gasteiger partial charge is 0.296 e.